The van der Waals surface area contributed by atoms with Gasteiger partial charge < -0.3 is 24.2 Å². The molecule has 0 saturated heterocycles. The number of carbonyl (C=O) groups is 1. The number of ether oxygens (including phenoxy) is 3. The molecular weight excluding hydrogens is 532 g/mol. The van der Waals surface area contributed by atoms with E-state index in [2.05, 4.69) is 0 Å². The molecule has 0 spiro atoms. The topological polar surface area (TPSA) is 106 Å². The van der Waals surface area contributed by atoms with Gasteiger partial charge in [-0.1, -0.05) is 38.5 Å². The van der Waals surface area contributed by atoms with Gasteiger partial charge in [0.2, 0.25) is 16.3 Å². The summed E-state index contributed by atoms with van der Waals surface area (Å²) in [4.78, 5) is 15.5. The summed E-state index contributed by atoms with van der Waals surface area (Å²) in [5, 5.41) is 9.57. The van der Waals surface area contributed by atoms with Crippen molar-refractivity contribution < 1.29 is 32.5 Å². The molecule has 2 atom stereocenters. The smallest absolute Gasteiger partial charge is 0.288 e. The molecule has 2 aliphatic carbocycles. The van der Waals surface area contributed by atoms with Crippen LogP contribution in [0.5, 0.6) is 5.75 Å². The maximum absolute atomic E-state index is 13.5. The summed E-state index contributed by atoms with van der Waals surface area (Å²) >= 11 is 0. The lowest BCUT2D eigenvalue weighted by molar-refractivity contribution is -0.158. The number of hydrogen-bond donors (Lipinski definition) is 1. The van der Waals surface area contributed by atoms with Crippen LogP contribution in [0.25, 0.3) is 0 Å². The van der Waals surface area contributed by atoms with Crippen LogP contribution in [0.1, 0.15) is 70.6 Å². The molecule has 1 aromatic carbocycles. The number of methoxy groups -OCH3 is 1. The Morgan fingerprint density at radius 1 is 1.00 bits per heavy atom. The third-order valence-electron chi connectivity index (χ3n) is 8.69. The Hall–Kier alpha value is -2.14. The van der Waals surface area contributed by atoms with E-state index < -0.39 is 16.3 Å². The molecule has 9 nitrogen and oxygen atoms in total. The monoisotopic (exact) mass is 578 g/mol. The third-order valence-corrected chi connectivity index (χ3v) is 10.6. The predicted molar refractivity (Wildman–Crippen MR) is 152 cm³/mol. The van der Waals surface area contributed by atoms with Crippen molar-refractivity contribution in [2.75, 3.05) is 40.5 Å². The molecule has 3 aliphatic rings. The highest BCUT2D eigenvalue weighted by Gasteiger charge is 2.35. The first-order chi connectivity index (χ1) is 19.3. The van der Waals surface area contributed by atoms with E-state index in [1.165, 1.54) is 49.2 Å². The molecule has 1 N–H and O–H groups in total. The normalized spacial score (nSPS) is 22.9. The highest BCUT2D eigenvalue weighted by Crippen LogP contribution is 2.38. The van der Waals surface area contributed by atoms with Crippen molar-refractivity contribution in [1.82, 2.24) is 9.21 Å². The van der Waals surface area contributed by atoms with Gasteiger partial charge >= 0.3 is 0 Å². The lowest BCUT2D eigenvalue weighted by Crippen LogP contribution is -2.42. The zero-order valence-corrected chi connectivity index (χ0v) is 24.8. The molecule has 224 valence electrons. The van der Waals surface area contributed by atoms with Gasteiger partial charge in [0, 0.05) is 32.6 Å². The minimum absolute atomic E-state index is 0.0518. The Balaban J connectivity index is 1.42. The van der Waals surface area contributed by atoms with E-state index in [-0.39, 0.29) is 49.1 Å². The van der Waals surface area contributed by atoms with Gasteiger partial charge in [0.25, 0.3) is 5.91 Å². The maximum Gasteiger partial charge on any atom is 0.288 e. The van der Waals surface area contributed by atoms with Gasteiger partial charge in [-0.15, -0.1) is 0 Å². The van der Waals surface area contributed by atoms with Gasteiger partial charge in [0.15, 0.2) is 5.76 Å². The van der Waals surface area contributed by atoms with Crippen LogP contribution < -0.4 is 4.74 Å². The number of nitrogens with zero attached hydrogens (tertiary/aromatic N) is 2. The molecule has 1 amide bonds. The number of aliphatic hydroxyl groups is 1. The summed E-state index contributed by atoms with van der Waals surface area (Å²) in [7, 11) is -0.447. The van der Waals surface area contributed by atoms with E-state index in [0.717, 1.165) is 38.5 Å². The molecule has 0 radical (unpaired) electrons. The zero-order valence-electron chi connectivity index (χ0n) is 24.0. The second-order valence-corrected chi connectivity index (χ2v) is 13.2. The van der Waals surface area contributed by atoms with Crippen molar-refractivity contribution >= 4 is 15.9 Å². The van der Waals surface area contributed by atoms with Gasteiger partial charge in [-0.25, -0.2) is 8.42 Å². The lowest BCUT2D eigenvalue weighted by Gasteiger charge is -2.37. The molecule has 40 heavy (non-hydrogen) atoms. The fraction of sp³-hybridized carbons (Fsp3) is 0.700. The van der Waals surface area contributed by atoms with E-state index in [1.54, 1.807) is 12.1 Å². The Kier molecular flexibility index (Phi) is 11.3. The molecule has 2 fully saturated rings. The van der Waals surface area contributed by atoms with Crippen molar-refractivity contribution in [3.8, 4) is 5.75 Å². The molecule has 1 aromatic rings. The third kappa shape index (κ3) is 7.78. The van der Waals surface area contributed by atoms with E-state index in [4.69, 9.17) is 14.2 Å². The van der Waals surface area contributed by atoms with Crippen LogP contribution in [-0.4, -0.2) is 81.4 Å². The van der Waals surface area contributed by atoms with Crippen LogP contribution in [-0.2, 0) is 24.3 Å². The summed E-state index contributed by atoms with van der Waals surface area (Å²) in [5.74, 6) is 1.51. The van der Waals surface area contributed by atoms with E-state index >= 15 is 0 Å². The van der Waals surface area contributed by atoms with Crippen molar-refractivity contribution in [2.45, 2.75) is 87.9 Å². The maximum atomic E-state index is 13.5. The van der Waals surface area contributed by atoms with Gasteiger partial charge in [-0.2, -0.15) is 4.31 Å². The average molecular weight is 579 g/mol. The van der Waals surface area contributed by atoms with E-state index in [9.17, 15) is 18.3 Å². The number of likely N-dealkylation sites (N-methyl/N-ethyl adjacent to an activating group) is 1. The summed E-state index contributed by atoms with van der Waals surface area (Å²) in [6.45, 7) is -0.229. The number of amides is 1. The molecule has 4 rings (SSSR count). The number of benzene rings is 1. The number of sulfonamides is 1. The minimum atomic E-state index is -3.84. The second-order valence-electron chi connectivity index (χ2n) is 11.3. The Morgan fingerprint density at radius 2 is 1.65 bits per heavy atom. The zero-order chi connectivity index (χ0) is 28.5. The van der Waals surface area contributed by atoms with Gasteiger partial charge in [0.1, 0.15) is 5.75 Å². The van der Waals surface area contributed by atoms with E-state index in [0.29, 0.717) is 23.8 Å². The standard InChI is InChI=1S/C30H46N2O7S/c1-31(25-11-7-4-8-12-25)30(34)28-21-24(23-9-5-3-6-10-23)22-29(39-28)38-20-18-32(17-19-33)40(35,36)27-15-13-26(37-2)14-16-27/h13-16,21,23-25,29,33H,3-12,17-20,22H2,1-2H3/t24-,29+/m0/s1. The van der Waals surface area contributed by atoms with E-state index in [1.807, 2.05) is 18.0 Å². The van der Waals surface area contributed by atoms with Crippen LogP contribution in [0.3, 0.4) is 0 Å². The highest BCUT2D eigenvalue weighted by atomic mass is 32.2. The second kappa shape index (κ2) is 14.7. The number of hydrogen-bond acceptors (Lipinski definition) is 7. The highest BCUT2D eigenvalue weighted by molar-refractivity contribution is 7.89. The lowest BCUT2D eigenvalue weighted by atomic mass is 9.77. The van der Waals surface area contributed by atoms with Crippen LogP contribution in [0.4, 0.5) is 0 Å². The number of allylic oxidation sites excluding steroid dienone is 1. The first-order valence-electron chi connectivity index (χ1n) is 14.9. The summed E-state index contributed by atoms with van der Waals surface area (Å²) in [6.07, 6.45) is 13.5. The van der Waals surface area contributed by atoms with Crippen molar-refractivity contribution in [2.24, 2.45) is 11.8 Å². The van der Waals surface area contributed by atoms with Crippen molar-refractivity contribution in [3.63, 3.8) is 0 Å². The molecule has 2 saturated carbocycles. The minimum Gasteiger partial charge on any atom is -0.497 e. The van der Waals surface area contributed by atoms with Gasteiger partial charge in [-0.05, 0) is 67.9 Å². The number of carbonyl (C=O) groups excluding carboxylic acids is 1. The SMILES string of the molecule is COc1ccc(S(=O)(=O)N(CCO)CCO[C@H]2C[C@@H](C3CCCCC3)C=C(C(=O)N(C)C3CCCCC3)O2)cc1. The fourth-order valence-electron chi connectivity index (χ4n) is 6.28. The van der Waals surface area contributed by atoms with Gasteiger partial charge in [0.05, 0.1) is 25.2 Å². The summed E-state index contributed by atoms with van der Waals surface area (Å²) in [5.41, 5.74) is 0. The molecule has 10 heteroatoms. The van der Waals surface area contributed by atoms with Crippen LogP contribution in [0.15, 0.2) is 41.0 Å². The van der Waals surface area contributed by atoms with Crippen LogP contribution in [0.2, 0.25) is 0 Å². The molecule has 1 heterocycles. The average Bonchev–Trinajstić information content (AvgIpc) is 3.00. The first kappa shape index (κ1) is 30.8. The number of rotatable bonds is 12. The number of aliphatic hydroxyl groups excluding tert-OH is 1. The summed E-state index contributed by atoms with van der Waals surface area (Å²) in [6, 6.07) is 6.40. The molecule has 0 unspecified atom stereocenters. The Morgan fingerprint density at radius 3 is 2.27 bits per heavy atom. The first-order valence-corrected chi connectivity index (χ1v) is 16.3. The quantitative estimate of drug-likeness (QED) is 0.394. The predicted octanol–water partition coefficient (Wildman–Crippen LogP) is 4.31. The molecular formula is C30H46N2O7S. The molecule has 0 aromatic heterocycles. The Labute approximate surface area is 239 Å². The Bertz CT molecular complexity index is 1080. The largest absolute Gasteiger partial charge is 0.497 e. The fourth-order valence-corrected chi connectivity index (χ4v) is 7.70. The molecule has 0 bridgehead atoms. The van der Waals surface area contributed by atoms with Crippen LogP contribution >= 0.6 is 0 Å². The van der Waals surface area contributed by atoms with Crippen LogP contribution in [0, 0.1) is 11.8 Å². The van der Waals surface area contributed by atoms with Crippen molar-refractivity contribution in [1.29, 1.82) is 0 Å². The summed E-state index contributed by atoms with van der Waals surface area (Å²) < 4.78 is 45.1. The van der Waals surface area contributed by atoms with Crippen molar-refractivity contribution in [3.05, 3.63) is 36.1 Å². The molecule has 1 aliphatic heterocycles. The van der Waals surface area contributed by atoms with Gasteiger partial charge in [-0.3, -0.25) is 4.79 Å².